The Hall–Kier alpha value is -5.12. The van der Waals surface area contributed by atoms with Gasteiger partial charge < -0.3 is 39.7 Å². The minimum absolute atomic E-state index is 0.0100. The number of aromatic hydroxyl groups is 1. The van der Waals surface area contributed by atoms with E-state index in [1.165, 1.54) is 46.2 Å². The Morgan fingerprint density at radius 3 is 2.21 bits per heavy atom. The number of hydrogen-bond donors (Lipinski definition) is 4. The summed E-state index contributed by atoms with van der Waals surface area (Å²) in [5.41, 5.74) is -1.69. The van der Waals surface area contributed by atoms with E-state index in [2.05, 4.69) is 15.3 Å². The van der Waals surface area contributed by atoms with Gasteiger partial charge in [-0.15, -0.1) is 0 Å². The number of carbonyl (C=O) groups is 5. The van der Waals surface area contributed by atoms with Crippen LogP contribution in [-0.4, -0.2) is 118 Å². The molecule has 15 heteroatoms. The molecule has 0 radical (unpaired) electrons. The minimum atomic E-state index is -2.03. The highest BCUT2D eigenvalue weighted by molar-refractivity contribution is 6.37. The lowest BCUT2D eigenvalue weighted by atomic mass is 9.77. The van der Waals surface area contributed by atoms with Gasteiger partial charge in [-0.25, -0.2) is 0 Å². The lowest BCUT2D eigenvalue weighted by Gasteiger charge is -2.37. The standard InChI is InChI=1S/C43H56N4O11/c1-21-14-19-56-43(9)41(54)32-30-31(36(51)27(7)40(32)58-43)38(53)33(29(37(30)52)20-44-47-17-15-46(10)16-18-47)45-42(55)23(3)13-11-12-22(2)34(49)25(5)35(50)26(6)39(24(21)4)57-28(8)48/h11-14,19-22,24-26,34-35,39,49-51H,15-18H2,1-10H3,(H,45,55)/b12-11+,19-14+,23-13-,44-20-/t21-,22-,24+,25+,26+,34-,35+,39+,43-/m0/s1. The van der Waals surface area contributed by atoms with Gasteiger partial charge in [0.2, 0.25) is 5.78 Å². The second kappa shape index (κ2) is 17.4. The van der Waals surface area contributed by atoms with Crippen LogP contribution in [0.15, 0.2) is 52.5 Å². The van der Waals surface area contributed by atoms with Crippen LogP contribution in [0.25, 0.3) is 0 Å². The van der Waals surface area contributed by atoms with Crippen LogP contribution in [0.1, 0.15) is 92.0 Å². The third kappa shape index (κ3) is 8.52. The van der Waals surface area contributed by atoms with E-state index in [0.29, 0.717) is 26.2 Å². The van der Waals surface area contributed by atoms with Gasteiger partial charge >= 0.3 is 11.8 Å². The average molecular weight is 805 g/mol. The van der Waals surface area contributed by atoms with Crippen LogP contribution in [0, 0.1) is 36.5 Å². The normalized spacial score (nSPS) is 33.7. The largest absolute Gasteiger partial charge is 0.507 e. The molecule has 1 aromatic rings. The predicted octanol–water partition coefficient (Wildman–Crippen LogP) is 3.85. The third-order valence-corrected chi connectivity index (χ3v) is 12.0. The number of hydrazone groups is 1. The Balaban J connectivity index is 1.65. The number of aliphatic hydroxyl groups is 2. The number of phenolic OH excluding ortho intramolecular Hbond substituents is 1. The molecule has 0 aromatic heterocycles. The smallest absolute Gasteiger partial charge is 0.312 e. The quantitative estimate of drug-likeness (QED) is 0.254. The summed E-state index contributed by atoms with van der Waals surface area (Å²) >= 11 is 0. The maximum Gasteiger partial charge on any atom is 0.312 e. The Bertz CT molecular complexity index is 2010. The molecule has 9 atom stereocenters. The number of aliphatic hydroxyl groups excluding tert-OH is 2. The molecule has 5 bridgehead atoms. The third-order valence-electron chi connectivity index (χ3n) is 12.0. The van der Waals surface area contributed by atoms with Crippen molar-refractivity contribution in [2.75, 3.05) is 33.2 Å². The fourth-order valence-corrected chi connectivity index (χ4v) is 7.75. The number of esters is 1. The molecule has 0 spiro atoms. The fourth-order valence-electron chi connectivity index (χ4n) is 7.75. The molecule has 15 nitrogen and oxygen atoms in total. The first-order chi connectivity index (χ1) is 27.2. The maximum absolute atomic E-state index is 14.6. The highest BCUT2D eigenvalue weighted by Crippen LogP contribution is 2.48. The molecule has 6 rings (SSSR count). The molecule has 4 aliphatic heterocycles. The van der Waals surface area contributed by atoms with E-state index in [4.69, 9.17) is 14.2 Å². The number of phenols is 1. The molecule has 1 amide bonds. The van der Waals surface area contributed by atoms with Crippen molar-refractivity contribution in [1.29, 1.82) is 0 Å². The first-order valence-electron chi connectivity index (χ1n) is 19.7. The number of fused-ring (bicyclic) bond motifs is 14. The molecular weight excluding hydrogens is 748 g/mol. The number of nitrogens with one attached hydrogen (secondary N) is 1. The van der Waals surface area contributed by atoms with Gasteiger partial charge in [-0.05, 0) is 38.8 Å². The number of piperazine rings is 1. The Morgan fingerprint density at radius 2 is 1.57 bits per heavy atom. The van der Waals surface area contributed by atoms with E-state index in [1.54, 1.807) is 44.0 Å². The summed E-state index contributed by atoms with van der Waals surface area (Å²) in [5.74, 6) is -9.12. The number of ketones is 3. The van der Waals surface area contributed by atoms with Crippen molar-refractivity contribution in [3.05, 3.63) is 69.7 Å². The van der Waals surface area contributed by atoms with E-state index in [-0.39, 0.29) is 33.9 Å². The number of rotatable bonds is 3. The number of nitrogens with zero attached hydrogens (tertiary/aromatic N) is 3. The number of benzene rings is 1. The van der Waals surface area contributed by atoms with Crippen LogP contribution in [0.3, 0.4) is 0 Å². The number of likely N-dealkylation sites (N-methyl/N-ethyl adjacent to an activating group) is 1. The molecular formula is C43H56N4O11. The van der Waals surface area contributed by atoms with Crippen LogP contribution in [-0.2, 0) is 19.1 Å². The Labute approximate surface area is 339 Å². The van der Waals surface area contributed by atoms with Crippen molar-refractivity contribution < 1.29 is 53.5 Å². The molecule has 314 valence electrons. The summed E-state index contributed by atoms with van der Waals surface area (Å²) in [4.78, 5) is 71.4. The number of carbonyl (C=O) groups excluding carboxylic acids is 5. The van der Waals surface area contributed by atoms with E-state index in [9.17, 15) is 39.3 Å². The van der Waals surface area contributed by atoms with Crippen molar-refractivity contribution in [2.45, 2.75) is 86.4 Å². The summed E-state index contributed by atoms with van der Waals surface area (Å²) in [7, 11) is 1.97. The van der Waals surface area contributed by atoms with E-state index < -0.39 is 99.6 Å². The molecule has 1 fully saturated rings. The summed E-state index contributed by atoms with van der Waals surface area (Å²) in [6.45, 7) is 16.9. The van der Waals surface area contributed by atoms with E-state index >= 15 is 0 Å². The summed E-state index contributed by atoms with van der Waals surface area (Å²) in [6.07, 6.45) is 5.89. The Kier molecular flexibility index (Phi) is 13.2. The number of amides is 1. The Morgan fingerprint density at radius 1 is 0.914 bits per heavy atom. The van der Waals surface area contributed by atoms with E-state index in [1.807, 2.05) is 20.9 Å². The zero-order valence-electron chi connectivity index (χ0n) is 34.9. The van der Waals surface area contributed by atoms with Crippen molar-refractivity contribution in [2.24, 2.45) is 34.7 Å². The topological polar surface area (TPSA) is 205 Å². The molecule has 5 aliphatic rings. The van der Waals surface area contributed by atoms with Gasteiger partial charge in [-0.3, -0.25) is 29.0 Å². The highest BCUT2D eigenvalue weighted by atomic mass is 16.7. The summed E-state index contributed by atoms with van der Waals surface area (Å²) < 4.78 is 17.8. The van der Waals surface area contributed by atoms with Crippen molar-refractivity contribution in [3.63, 3.8) is 0 Å². The van der Waals surface area contributed by atoms with Crippen LogP contribution in [0.4, 0.5) is 0 Å². The fraction of sp³-hybridized carbons (Fsp3) is 0.535. The number of allylic oxidation sites excluding steroid dienone is 5. The lowest BCUT2D eigenvalue weighted by molar-refractivity contribution is -0.158. The van der Waals surface area contributed by atoms with Crippen LogP contribution >= 0.6 is 0 Å². The monoisotopic (exact) mass is 804 g/mol. The zero-order chi connectivity index (χ0) is 43.0. The maximum atomic E-state index is 14.6. The van der Waals surface area contributed by atoms with Gasteiger partial charge in [0.1, 0.15) is 23.3 Å². The first-order valence-corrected chi connectivity index (χ1v) is 19.7. The molecule has 58 heavy (non-hydrogen) atoms. The number of ether oxygens (including phenoxy) is 3. The number of Topliss-reactive ketones (excluding diaryl/α,β-unsaturated/α-hetero) is 3. The zero-order valence-corrected chi connectivity index (χ0v) is 34.9. The predicted molar refractivity (Wildman–Crippen MR) is 214 cm³/mol. The summed E-state index contributed by atoms with van der Waals surface area (Å²) in [6, 6.07) is 0. The van der Waals surface area contributed by atoms with Gasteiger partial charge in [0.15, 0.2) is 5.78 Å². The van der Waals surface area contributed by atoms with Crippen LogP contribution < -0.4 is 10.1 Å². The first kappa shape index (κ1) is 44.0. The number of hydrogen-bond acceptors (Lipinski definition) is 14. The van der Waals surface area contributed by atoms with Crippen molar-refractivity contribution in [3.8, 4) is 11.5 Å². The lowest BCUT2D eigenvalue weighted by Crippen LogP contribution is -2.45. The van der Waals surface area contributed by atoms with Gasteiger partial charge in [-0.1, -0.05) is 52.8 Å². The van der Waals surface area contributed by atoms with Gasteiger partial charge in [0.25, 0.3) is 11.7 Å². The van der Waals surface area contributed by atoms with Gasteiger partial charge in [0, 0.05) is 68.9 Å². The second-order valence-corrected chi connectivity index (χ2v) is 16.2. The van der Waals surface area contributed by atoms with Crippen LogP contribution in [0.2, 0.25) is 0 Å². The van der Waals surface area contributed by atoms with Gasteiger partial charge in [0.05, 0.1) is 46.9 Å². The molecule has 1 saturated heterocycles. The van der Waals surface area contributed by atoms with Crippen LogP contribution in [0.5, 0.6) is 11.5 Å². The van der Waals surface area contributed by atoms with E-state index in [0.717, 1.165) is 0 Å². The highest BCUT2D eigenvalue weighted by Gasteiger charge is 2.52. The minimum Gasteiger partial charge on any atom is -0.507 e. The SMILES string of the molecule is CC(=O)O[C@H]1[C@H](C)[C@H](O)[C@H](C)[C@@H](O)[C@@H](C)/C=C/C=C(/C)C(=O)NC2=C(/C=N\N3CCN(C)CC3)C(=O)c3c(c(O)c(C)c4c3C(=O)[C@@](C)(O/C=C/[C@H](C)[C@H]1C)O4)C2=O. The molecule has 0 saturated carbocycles. The van der Waals surface area contributed by atoms with Crippen molar-refractivity contribution in [1.82, 2.24) is 15.2 Å². The average Bonchev–Trinajstić information content (AvgIpc) is 3.44. The molecule has 1 aromatic carbocycles. The van der Waals surface area contributed by atoms with Crippen molar-refractivity contribution >= 4 is 35.4 Å². The molecule has 0 unspecified atom stereocenters. The van der Waals surface area contributed by atoms with Gasteiger partial charge in [-0.2, -0.15) is 5.10 Å². The molecule has 4 N–H and O–H groups in total. The molecule has 1 aliphatic carbocycles. The second-order valence-electron chi connectivity index (χ2n) is 16.2. The summed E-state index contributed by atoms with van der Waals surface area (Å²) in [5, 5.41) is 43.1. The molecule has 4 heterocycles.